The smallest absolute Gasteiger partial charge is 0.174 e. The first-order valence-electron chi connectivity index (χ1n) is 7.85. The van der Waals surface area contributed by atoms with Gasteiger partial charge < -0.3 is 14.6 Å². The van der Waals surface area contributed by atoms with Crippen molar-refractivity contribution in [1.29, 1.82) is 0 Å². The number of pyridine rings is 1. The first-order chi connectivity index (χ1) is 11.7. The molecule has 4 nitrogen and oxygen atoms in total. The number of hydrogen-bond acceptors (Lipinski definition) is 3. The lowest BCUT2D eigenvalue weighted by molar-refractivity contribution is 0.432. The monoisotopic (exact) mass is 335 g/mol. The standard InChI is InChI=1S/C19H17N3OS/c1-13-6-4-7-14(12-13)22-18(16-9-5-11-23-16)17(21-19(22)24)15-8-2-3-10-20-15/h2-12,17-18H,1H3,(H,21,24)/t17-,18-/m0/s1. The van der Waals surface area contributed by atoms with Crippen molar-refractivity contribution in [1.82, 2.24) is 10.3 Å². The second kappa shape index (κ2) is 6.09. The summed E-state index contributed by atoms with van der Waals surface area (Å²) in [6.07, 6.45) is 3.50. The van der Waals surface area contributed by atoms with Gasteiger partial charge in [0.2, 0.25) is 0 Å². The van der Waals surface area contributed by atoms with Crippen molar-refractivity contribution in [3.8, 4) is 0 Å². The highest BCUT2D eigenvalue weighted by atomic mass is 32.1. The van der Waals surface area contributed by atoms with Crippen LogP contribution in [0, 0.1) is 6.92 Å². The molecule has 0 aliphatic carbocycles. The Bertz CT molecular complexity index is 848. The third-order valence-electron chi connectivity index (χ3n) is 4.21. The average molecular weight is 335 g/mol. The molecule has 1 N–H and O–H groups in total. The SMILES string of the molecule is Cc1cccc(N2C(=S)N[C@@H](c3ccccn3)[C@@H]2c2ccco2)c1. The summed E-state index contributed by atoms with van der Waals surface area (Å²) < 4.78 is 5.73. The molecule has 3 aromatic rings. The Balaban J connectivity index is 1.82. The number of benzene rings is 1. The topological polar surface area (TPSA) is 41.3 Å². The Morgan fingerprint density at radius 3 is 2.75 bits per heavy atom. The molecule has 2 aromatic heterocycles. The molecule has 0 spiro atoms. The molecule has 120 valence electrons. The van der Waals surface area contributed by atoms with Crippen LogP contribution < -0.4 is 10.2 Å². The first kappa shape index (κ1) is 14.9. The molecule has 2 atom stereocenters. The maximum atomic E-state index is 5.73. The third kappa shape index (κ3) is 2.57. The van der Waals surface area contributed by atoms with Crippen molar-refractivity contribution in [2.75, 3.05) is 4.90 Å². The van der Waals surface area contributed by atoms with E-state index in [9.17, 15) is 0 Å². The summed E-state index contributed by atoms with van der Waals surface area (Å²) in [5.41, 5.74) is 3.18. The lowest BCUT2D eigenvalue weighted by Gasteiger charge is -2.26. The Hall–Kier alpha value is -2.66. The average Bonchev–Trinajstić information content (AvgIpc) is 3.23. The molecule has 0 saturated carbocycles. The number of nitrogens with zero attached hydrogens (tertiary/aromatic N) is 2. The predicted molar refractivity (Wildman–Crippen MR) is 97.8 cm³/mol. The molecule has 0 radical (unpaired) electrons. The van der Waals surface area contributed by atoms with Crippen LogP contribution in [0.1, 0.15) is 29.1 Å². The largest absolute Gasteiger partial charge is 0.467 e. The number of aryl methyl sites for hydroxylation is 1. The van der Waals surface area contributed by atoms with Gasteiger partial charge in [-0.2, -0.15) is 0 Å². The van der Waals surface area contributed by atoms with E-state index < -0.39 is 0 Å². The van der Waals surface area contributed by atoms with Crippen molar-refractivity contribution in [3.63, 3.8) is 0 Å². The number of aromatic nitrogens is 1. The minimum atomic E-state index is -0.0794. The van der Waals surface area contributed by atoms with Crippen LogP contribution in [0.3, 0.4) is 0 Å². The van der Waals surface area contributed by atoms with Crippen molar-refractivity contribution in [3.05, 3.63) is 84.1 Å². The Morgan fingerprint density at radius 1 is 1.12 bits per heavy atom. The molecule has 1 aliphatic heterocycles. The van der Waals surface area contributed by atoms with Gasteiger partial charge in [0.25, 0.3) is 0 Å². The highest BCUT2D eigenvalue weighted by molar-refractivity contribution is 7.80. The Morgan fingerprint density at radius 2 is 2.04 bits per heavy atom. The lowest BCUT2D eigenvalue weighted by atomic mass is 10.0. The first-order valence-corrected chi connectivity index (χ1v) is 8.25. The van der Waals surface area contributed by atoms with Crippen LogP contribution in [0.4, 0.5) is 5.69 Å². The highest BCUT2D eigenvalue weighted by Gasteiger charge is 2.42. The van der Waals surface area contributed by atoms with Gasteiger partial charge >= 0.3 is 0 Å². The predicted octanol–water partition coefficient (Wildman–Crippen LogP) is 4.16. The summed E-state index contributed by atoms with van der Waals surface area (Å²) in [5, 5.41) is 4.09. The van der Waals surface area contributed by atoms with E-state index in [-0.39, 0.29) is 12.1 Å². The van der Waals surface area contributed by atoms with E-state index in [1.165, 1.54) is 5.56 Å². The van der Waals surface area contributed by atoms with E-state index >= 15 is 0 Å². The van der Waals surface area contributed by atoms with Gasteiger partial charge in [0.05, 0.1) is 18.0 Å². The van der Waals surface area contributed by atoms with Crippen LogP contribution in [0.15, 0.2) is 71.5 Å². The second-order valence-corrected chi connectivity index (χ2v) is 6.24. The van der Waals surface area contributed by atoms with Crippen LogP contribution in [-0.4, -0.2) is 10.1 Å². The minimum Gasteiger partial charge on any atom is -0.467 e. The maximum absolute atomic E-state index is 5.73. The fourth-order valence-corrected chi connectivity index (χ4v) is 3.51. The van der Waals surface area contributed by atoms with Crippen LogP contribution in [0.25, 0.3) is 0 Å². The van der Waals surface area contributed by atoms with Gasteiger partial charge in [-0.3, -0.25) is 4.98 Å². The highest BCUT2D eigenvalue weighted by Crippen LogP contribution is 2.41. The number of anilines is 1. The summed E-state index contributed by atoms with van der Waals surface area (Å²) in [5.74, 6) is 0.861. The third-order valence-corrected chi connectivity index (χ3v) is 4.53. The van der Waals surface area contributed by atoms with Gasteiger partial charge in [0.15, 0.2) is 5.11 Å². The van der Waals surface area contributed by atoms with Crippen LogP contribution >= 0.6 is 12.2 Å². The summed E-state index contributed by atoms with van der Waals surface area (Å²) >= 11 is 5.64. The van der Waals surface area contributed by atoms with Gasteiger partial charge in [-0.05, 0) is 61.1 Å². The lowest BCUT2D eigenvalue weighted by Crippen LogP contribution is -2.29. The molecule has 1 saturated heterocycles. The van der Waals surface area contributed by atoms with Gasteiger partial charge in [-0.1, -0.05) is 18.2 Å². The molecular weight excluding hydrogens is 318 g/mol. The summed E-state index contributed by atoms with van der Waals surface area (Å²) in [6, 6.07) is 18.0. The molecule has 1 aliphatic rings. The zero-order valence-electron chi connectivity index (χ0n) is 13.2. The van der Waals surface area contributed by atoms with Crippen molar-refractivity contribution < 1.29 is 4.42 Å². The number of furan rings is 1. The molecule has 1 aromatic carbocycles. The number of rotatable bonds is 3. The van der Waals surface area contributed by atoms with Gasteiger partial charge in [0.1, 0.15) is 11.8 Å². The van der Waals surface area contributed by atoms with E-state index in [0.29, 0.717) is 5.11 Å². The van der Waals surface area contributed by atoms with Crippen LogP contribution in [-0.2, 0) is 0 Å². The fraction of sp³-hybridized carbons (Fsp3) is 0.158. The number of nitrogens with one attached hydrogen (secondary N) is 1. The summed E-state index contributed by atoms with van der Waals surface area (Å²) in [4.78, 5) is 6.62. The minimum absolute atomic E-state index is 0.0645. The van der Waals surface area contributed by atoms with Gasteiger partial charge in [-0.15, -0.1) is 0 Å². The molecule has 24 heavy (non-hydrogen) atoms. The van der Waals surface area contributed by atoms with E-state index in [0.717, 1.165) is 17.1 Å². The van der Waals surface area contributed by atoms with Crippen LogP contribution in [0.5, 0.6) is 0 Å². The van der Waals surface area contributed by atoms with Gasteiger partial charge in [0, 0.05) is 11.9 Å². The zero-order chi connectivity index (χ0) is 16.5. The Kier molecular flexibility index (Phi) is 3.78. The molecule has 0 bridgehead atoms. The number of thiocarbonyl (C=S) groups is 1. The van der Waals surface area contributed by atoms with Crippen molar-refractivity contribution >= 4 is 23.0 Å². The second-order valence-electron chi connectivity index (χ2n) is 5.85. The molecular formula is C19H17N3OS. The summed E-state index contributed by atoms with van der Waals surface area (Å²) in [6.45, 7) is 2.08. The maximum Gasteiger partial charge on any atom is 0.174 e. The molecule has 4 rings (SSSR count). The Labute approximate surface area is 146 Å². The van der Waals surface area contributed by atoms with Crippen molar-refractivity contribution in [2.24, 2.45) is 0 Å². The summed E-state index contributed by atoms with van der Waals surface area (Å²) in [7, 11) is 0. The van der Waals surface area contributed by atoms with E-state index in [1.54, 1.807) is 12.5 Å². The van der Waals surface area contributed by atoms with E-state index in [2.05, 4.69) is 40.3 Å². The molecule has 0 unspecified atom stereocenters. The normalized spacial score (nSPS) is 20.2. The van der Waals surface area contributed by atoms with E-state index in [4.69, 9.17) is 16.6 Å². The zero-order valence-corrected chi connectivity index (χ0v) is 14.0. The van der Waals surface area contributed by atoms with Crippen molar-refractivity contribution in [2.45, 2.75) is 19.0 Å². The molecule has 0 amide bonds. The quantitative estimate of drug-likeness (QED) is 0.728. The molecule has 3 heterocycles. The van der Waals surface area contributed by atoms with E-state index in [1.807, 2.05) is 36.4 Å². The fourth-order valence-electron chi connectivity index (χ4n) is 3.16. The molecule has 5 heteroatoms. The molecule has 1 fully saturated rings. The van der Waals surface area contributed by atoms with Crippen LogP contribution in [0.2, 0.25) is 0 Å². The number of hydrogen-bond donors (Lipinski definition) is 1. The van der Waals surface area contributed by atoms with Gasteiger partial charge in [-0.25, -0.2) is 0 Å².